The molecule has 3 heteroatoms. The molecule has 0 heterocycles. The molecule has 0 radical (unpaired) electrons. The van der Waals surface area contributed by atoms with Crippen LogP contribution in [-0.2, 0) is 6.42 Å². The maximum atomic E-state index is 13.3. The molecule has 0 spiro atoms. The Morgan fingerprint density at radius 1 is 1.05 bits per heavy atom. The molecule has 0 fully saturated rings. The Balaban J connectivity index is 2.31. The van der Waals surface area contributed by atoms with Crippen molar-refractivity contribution in [1.82, 2.24) is 5.32 Å². The van der Waals surface area contributed by atoms with Crippen LogP contribution >= 0.6 is 0 Å². The van der Waals surface area contributed by atoms with Crippen LogP contribution in [-0.4, -0.2) is 7.05 Å². The molecule has 2 rings (SSSR count). The Bertz CT molecular complexity index is 588. The summed E-state index contributed by atoms with van der Waals surface area (Å²) in [6.07, 6.45) is 0.551. The summed E-state index contributed by atoms with van der Waals surface area (Å²) in [7, 11) is 1.86. The highest BCUT2D eigenvalue weighted by Gasteiger charge is 2.14. The van der Waals surface area contributed by atoms with E-state index in [0.29, 0.717) is 12.0 Å². The van der Waals surface area contributed by atoms with Gasteiger partial charge in [0.1, 0.15) is 11.6 Å². The van der Waals surface area contributed by atoms with Crippen LogP contribution in [0, 0.1) is 25.5 Å². The molecule has 0 aliphatic heterocycles. The molecular weight excluding hydrogens is 256 g/mol. The molecule has 0 aliphatic carbocycles. The van der Waals surface area contributed by atoms with E-state index in [0.717, 1.165) is 11.6 Å². The molecular formula is C17H19F2N. The van der Waals surface area contributed by atoms with Gasteiger partial charge in [-0.1, -0.05) is 18.2 Å². The lowest BCUT2D eigenvalue weighted by Crippen LogP contribution is -2.20. The van der Waals surface area contributed by atoms with Crippen LogP contribution in [0.4, 0.5) is 8.78 Å². The summed E-state index contributed by atoms with van der Waals surface area (Å²) >= 11 is 0. The summed E-state index contributed by atoms with van der Waals surface area (Å²) < 4.78 is 26.5. The van der Waals surface area contributed by atoms with Gasteiger partial charge in [0, 0.05) is 12.1 Å². The number of halogens is 2. The monoisotopic (exact) mass is 275 g/mol. The molecule has 0 amide bonds. The SMILES string of the molecule is CNC(Cc1cc(F)cc(F)c1)c1cccc(C)c1C. The zero-order valence-electron chi connectivity index (χ0n) is 12.0. The van der Waals surface area contributed by atoms with Crippen molar-refractivity contribution in [3.63, 3.8) is 0 Å². The van der Waals surface area contributed by atoms with E-state index in [2.05, 4.69) is 31.3 Å². The molecule has 2 aromatic rings. The van der Waals surface area contributed by atoms with E-state index in [1.807, 2.05) is 13.1 Å². The maximum Gasteiger partial charge on any atom is 0.126 e. The van der Waals surface area contributed by atoms with Gasteiger partial charge in [-0.15, -0.1) is 0 Å². The van der Waals surface area contributed by atoms with Crippen LogP contribution in [0.25, 0.3) is 0 Å². The van der Waals surface area contributed by atoms with E-state index < -0.39 is 11.6 Å². The van der Waals surface area contributed by atoms with Crippen LogP contribution < -0.4 is 5.32 Å². The molecule has 106 valence electrons. The average Bonchev–Trinajstić information content (AvgIpc) is 2.38. The number of nitrogens with one attached hydrogen (secondary N) is 1. The van der Waals surface area contributed by atoms with E-state index in [1.54, 1.807) is 0 Å². The smallest absolute Gasteiger partial charge is 0.126 e. The van der Waals surface area contributed by atoms with Crippen LogP contribution in [0.1, 0.15) is 28.3 Å². The second kappa shape index (κ2) is 6.14. The predicted molar refractivity (Wildman–Crippen MR) is 77.8 cm³/mol. The fourth-order valence-electron chi connectivity index (χ4n) is 2.48. The van der Waals surface area contributed by atoms with Gasteiger partial charge in [0.25, 0.3) is 0 Å². The van der Waals surface area contributed by atoms with Crippen molar-refractivity contribution in [2.45, 2.75) is 26.3 Å². The molecule has 0 aromatic heterocycles. The highest BCUT2D eigenvalue weighted by atomic mass is 19.1. The average molecular weight is 275 g/mol. The van der Waals surface area contributed by atoms with Crippen molar-refractivity contribution in [2.75, 3.05) is 7.05 Å². The van der Waals surface area contributed by atoms with Gasteiger partial charge >= 0.3 is 0 Å². The minimum absolute atomic E-state index is 0.0381. The van der Waals surface area contributed by atoms with Crippen LogP contribution in [0.5, 0.6) is 0 Å². The molecule has 0 bridgehead atoms. The first-order valence-electron chi connectivity index (χ1n) is 6.69. The Morgan fingerprint density at radius 3 is 2.30 bits per heavy atom. The van der Waals surface area contributed by atoms with Gasteiger partial charge in [0.15, 0.2) is 0 Å². The number of hydrogen-bond acceptors (Lipinski definition) is 1. The summed E-state index contributed by atoms with van der Waals surface area (Å²) in [6.45, 7) is 4.13. The number of aryl methyl sites for hydroxylation is 1. The van der Waals surface area contributed by atoms with Gasteiger partial charge < -0.3 is 5.32 Å². The van der Waals surface area contributed by atoms with Gasteiger partial charge in [-0.05, 0) is 61.7 Å². The Hall–Kier alpha value is -1.74. The second-order valence-corrected chi connectivity index (χ2v) is 5.11. The quantitative estimate of drug-likeness (QED) is 0.886. The Kier molecular flexibility index (Phi) is 4.50. The Morgan fingerprint density at radius 2 is 1.70 bits per heavy atom. The third-order valence-electron chi connectivity index (χ3n) is 3.73. The minimum atomic E-state index is -0.532. The summed E-state index contributed by atoms with van der Waals surface area (Å²) in [5.74, 6) is -1.06. The molecule has 1 N–H and O–H groups in total. The second-order valence-electron chi connectivity index (χ2n) is 5.11. The lowest BCUT2D eigenvalue weighted by atomic mass is 9.93. The molecule has 0 aliphatic rings. The zero-order valence-corrected chi connectivity index (χ0v) is 12.0. The number of likely N-dealkylation sites (N-methyl/N-ethyl adjacent to an activating group) is 1. The van der Waals surface area contributed by atoms with Gasteiger partial charge in [-0.2, -0.15) is 0 Å². The Labute approximate surface area is 118 Å². The molecule has 0 saturated carbocycles. The molecule has 1 nitrogen and oxygen atoms in total. The van der Waals surface area contributed by atoms with E-state index in [4.69, 9.17) is 0 Å². The van der Waals surface area contributed by atoms with Crippen LogP contribution in [0.2, 0.25) is 0 Å². The van der Waals surface area contributed by atoms with Crippen molar-refractivity contribution in [1.29, 1.82) is 0 Å². The fraction of sp³-hybridized carbons (Fsp3) is 0.294. The van der Waals surface area contributed by atoms with E-state index >= 15 is 0 Å². The fourth-order valence-corrected chi connectivity index (χ4v) is 2.48. The van der Waals surface area contributed by atoms with Gasteiger partial charge in [-0.3, -0.25) is 0 Å². The molecule has 0 saturated heterocycles. The first-order valence-corrected chi connectivity index (χ1v) is 6.69. The van der Waals surface area contributed by atoms with E-state index in [9.17, 15) is 8.78 Å². The molecule has 1 unspecified atom stereocenters. The van der Waals surface area contributed by atoms with E-state index in [-0.39, 0.29) is 6.04 Å². The summed E-state index contributed by atoms with van der Waals surface area (Å²) in [5.41, 5.74) is 4.25. The predicted octanol–water partition coefficient (Wildman–Crippen LogP) is 4.08. The van der Waals surface area contributed by atoms with Crippen molar-refractivity contribution in [3.8, 4) is 0 Å². The maximum absolute atomic E-state index is 13.3. The first-order chi connectivity index (χ1) is 9.51. The van der Waals surface area contributed by atoms with Crippen LogP contribution in [0.3, 0.4) is 0 Å². The molecule has 1 atom stereocenters. The first kappa shape index (κ1) is 14.7. The van der Waals surface area contributed by atoms with Gasteiger partial charge in [0.05, 0.1) is 0 Å². The summed E-state index contributed by atoms with van der Waals surface area (Å²) in [6, 6.07) is 9.84. The lowest BCUT2D eigenvalue weighted by molar-refractivity contribution is 0.560. The highest BCUT2D eigenvalue weighted by molar-refractivity contribution is 5.36. The lowest BCUT2D eigenvalue weighted by Gasteiger charge is -2.20. The number of benzene rings is 2. The topological polar surface area (TPSA) is 12.0 Å². The van der Waals surface area contributed by atoms with Crippen molar-refractivity contribution in [2.24, 2.45) is 0 Å². The summed E-state index contributed by atoms with van der Waals surface area (Å²) in [5, 5.41) is 3.23. The van der Waals surface area contributed by atoms with Crippen molar-refractivity contribution >= 4 is 0 Å². The largest absolute Gasteiger partial charge is 0.313 e. The normalized spacial score (nSPS) is 12.4. The summed E-state index contributed by atoms with van der Waals surface area (Å²) in [4.78, 5) is 0. The third kappa shape index (κ3) is 3.23. The van der Waals surface area contributed by atoms with E-state index in [1.165, 1.54) is 23.3 Å². The highest BCUT2D eigenvalue weighted by Crippen LogP contribution is 2.24. The van der Waals surface area contributed by atoms with Gasteiger partial charge in [0.2, 0.25) is 0 Å². The standard InChI is InChI=1S/C17H19F2N/c1-11-5-4-6-16(12(11)2)17(20-3)9-13-7-14(18)10-15(19)8-13/h4-8,10,17,20H,9H2,1-3H3. The van der Waals surface area contributed by atoms with Crippen molar-refractivity contribution < 1.29 is 8.78 Å². The van der Waals surface area contributed by atoms with Gasteiger partial charge in [-0.25, -0.2) is 8.78 Å². The molecule has 2 aromatic carbocycles. The zero-order chi connectivity index (χ0) is 14.7. The minimum Gasteiger partial charge on any atom is -0.313 e. The third-order valence-corrected chi connectivity index (χ3v) is 3.73. The molecule has 20 heavy (non-hydrogen) atoms. The number of rotatable bonds is 4. The number of hydrogen-bond donors (Lipinski definition) is 1. The van der Waals surface area contributed by atoms with Crippen LogP contribution in [0.15, 0.2) is 36.4 Å². The van der Waals surface area contributed by atoms with Crippen molar-refractivity contribution in [3.05, 3.63) is 70.3 Å².